The van der Waals surface area contributed by atoms with Crippen molar-refractivity contribution in [1.82, 2.24) is 0 Å². The van der Waals surface area contributed by atoms with E-state index in [1.54, 1.807) is 0 Å². The minimum Gasteiger partial charge on any atom is -0.457 e. The zero-order valence-corrected chi connectivity index (χ0v) is 29.9. The summed E-state index contributed by atoms with van der Waals surface area (Å²) in [5, 5.41) is 11.0. The third-order valence-electron chi connectivity index (χ3n) is 15.0. The largest absolute Gasteiger partial charge is 0.490 e. The van der Waals surface area contributed by atoms with Crippen LogP contribution in [0.2, 0.25) is 0 Å². The maximum atomic E-state index is 14.0. The van der Waals surface area contributed by atoms with Gasteiger partial charge in [0.15, 0.2) is 6.10 Å². The molecule has 0 amide bonds. The van der Waals surface area contributed by atoms with Crippen LogP contribution in [-0.2, 0) is 33.3 Å². The van der Waals surface area contributed by atoms with Gasteiger partial charge in [0.1, 0.15) is 12.2 Å². The van der Waals surface area contributed by atoms with Crippen LogP contribution in [0.1, 0.15) is 107 Å². The number of ether oxygens (including phenoxy) is 4. The first-order valence-corrected chi connectivity index (χ1v) is 17.8. The van der Waals surface area contributed by atoms with Gasteiger partial charge < -0.3 is 24.1 Å². The lowest BCUT2D eigenvalue weighted by atomic mass is 9.41. The smallest absolute Gasteiger partial charge is 0.457 e. The number of esters is 3. The van der Waals surface area contributed by atoms with Crippen LogP contribution in [0, 0.1) is 50.7 Å². The lowest BCUT2D eigenvalue weighted by molar-refractivity contribution is -0.239. The fourth-order valence-corrected chi connectivity index (χ4v) is 13.1. The van der Waals surface area contributed by atoms with Crippen LogP contribution in [0.4, 0.5) is 26.3 Å². The summed E-state index contributed by atoms with van der Waals surface area (Å²) in [7, 11) is 0. The Bertz CT molecular complexity index is 1420. The lowest BCUT2D eigenvalue weighted by Crippen LogP contribution is -2.60. The zero-order valence-electron chi connectivity index (χ0n) is 29.9. The van der Waals surface area contributed by atoms with E-state index in [2.05, 4.69) is 6.92 Å². The van der Waals surface area contributed by atoms with Crippen LogP contribution in [0.3, 0.4) is 0 Å². The van der Waals surface area contributed by atoms with Crippen LogP contribution < -0.4 is 0 Å². The Morgan fingerprint density at radius 1 is 0.840 bits per heavy atom. The number of aliphatic hydroxyl groups is 1. The predicted molar refractivity (Wildman–Crippen MR) is 164 cm³/mol. The van der Waals surface area contributed by atoms with Gasteiger partial charge in [0.05, 0.1) is 17.8 Å². The van der Waals surface area contributed by atoms with E-state index in [-0.39, 0.29) is 40.9 Å². The molecule has 1 N–H and O–H groups in total. The van der Waals surface area contributed by atoms with Crippen LogP contribution >= 0.6 is 0 Å². The number of carbonyl (C=O) groups is 3. The molecule has 2 spiro atoms. The summed E-state index contributed by atoms with van der Waals surface area (Å²) < 4.78 is 104. The lowest BCUT2D eigenvalue weighted by Gasteiger charge is -2.63. The molecule has 1 aliphatic heterocycles. The van der Waals surface area contributed by atoms with Gasteiger partial charge in [-0.25, -0.2) is 9.59 Å². The molecule has 0 bridgehead atoms. The van der Waals surface area contributed by atoms with Crippen molar-refractivity contribution in [2.24, 2.45) is 50.7 Å². The van der Waals surface area contributed by atoms with Crippen molar-refractivity contribution < 1.29 is 64.8 Å². The fraction of sp³-hybridized carbons (Fsp3) is 0.917. The molecule has 1 saturated heterocycles. The summed E-state index contributed by atoms with van der Waals surface area (Å²) in [6.07, 6.45) is -11.3. The van der Waals surface area contributed by atoms with Gasteiger partial charge >= 0.3 is 30.3 Å². The number of hydrogen-bond donors (Lipinski definition) is 1. The predicted octanol–water partition coefficient (Wildman–Crippen LogP) is 7.09. The van der Waals surface area contributed by atoms with Gasteiger partial charge in [-0.05, 0) is 105 Å². The molecule has 13 atom stereocenters. The second kappa shape index (κ2) is 11.2. The first-order chi connectivity index (χ1) is 22.7. The van der Waals surface area contributed by atoms with Crippen molar-refractivity contribution in [2.45, 2.75) is 155 Å². The molecule has 6 aliphatic rings. The van der Waals surface area contributed by atoms with E-state index in [0.29, 0.717) is 32.1 Å². The van der Waals surface area contributed by atoms with Gasteiger partial charge in [0, 0.05) is 17.8 Å². The molecule has 6 fully saturated rings. The van der Waals surface area contributed by atoms with Gasteiger partial charge in [-0.3, -0.25) is 4.79 Å². The third-order valence-corrected chi connectivity index (χ3v) is 15.0. The average molecular weight is 725 g/mol. The number of fused-ring (bicyclic) bond motifs is 4. The average Bonchev–Trinajstić information content (AvgIpc) is 3.58. The Kier molecular flexibility index (Phi) is 8.44. The molecule has 0 aromatic carbocycles. The zero-order chi connectivity index (χ0) is 37.4. The Hall–Kier alpha value is -2.09. The second-order valence-corrected chi connectivity index (χ2v) is 18.0. The monoisotopic (exact) mass is 724 g/mol. The molecule has 8 nitrogen and oxygen atoms in total. The van der Waals surface area contributed by atoms with E-state index < -0.39 is 82.6 Å². The van der Waals surface area contributed by atoms with Crippen molar-refractivity contribution in [3.05, 3.63) is 0 Å². The normalized spacial score (nSPS) is 45.4. The van der Waals surface area contributed by atoms with E-state index in [4.69, 9.17) is 18.9 Å². The van der Waals surface area contributed by atoms with E-state index in [1.807, 2.05) is 27.7 Å². The van der Waals surface area contributed by atoms with Gasteiger partial charge in [-0.1, -0.05) is 34.6 Å². The van der Waals surface area contributed by atoms with Gasteiger partial charge in [-0.15, -0.1) is 0 Å². The van der Waals surface area contributed by atoms with Crippen molar-refractivity contribution in [3.63, 3.8) is 0 Å². The Labute approximate surface area is 288 Å². The van der Waals surface area contributed by atoms with Crippen molar-refractivity contribution in [3.8, 4) is 0 Å². The molecule has 0 aromatic heterocycles. The highest BCUT2D eigenvalue weighted by atomic mass is 19.4. The van der Waals surface area contributed by atoms with Crippen molar-refractivity contribution in [1.29, 1.82) is 0 Å². The first kappa shape index (κ1) is 37.7. The Morgan fingerprint density at radius 2 is 1.40 bits per heavy atom. The van der Waals surface area contributed by atoms with Gasteiger partial charge in [0.2, 0.25) is 0 Å². The molecule has 1 heterocycles. The number of alkyl halides is 6. The molecule has 14 heteroatoms. The van der Waals surface area contributed by atoms with Crippen molar-refractivity contribution in [2.75, 3.05) is 0 Å². The number of hydrogen-bond acceptors (Lipinski definition) is 8. The number of carbonyl (C=O) groups excluding carboxylic acids is 3. The highest BCUT2D eigenvalue weighted by Gasteiger charge is 2.85. The molecule has 50 heavy (non-hydrogen) atoms. The minimum atomic E-state index is -5.26. The standard InChI is InChI=1S/C36H50F6O8/c1-17-15-19(25(30(5,6)46)47-18(2)43)48-24-23(17)31(7)13-14-34-16-33(34)12-11-22(49-27(44)35(37,38)39)29(3,4)20(33)9-10-21(34)32(31,8)26(24)50-28(45)36(40,41)42/h17,19-26,46H,9-16H2,1-8H3/t17-,19?,20+,21?,22+,23+,24?,25+,26+,31?,32-,33?,34?/m1/s1. The fourth-order valence-electron chi connectivity index (χ4n) is 13.1. The van der Waals surface area contributed by atoms with Crippen LogP contribution in [0.25, 0.3) is 0 Å². The first-order valence-electron chi connectivity index (χ1n) is 17.8. The highest BCUT2D eigenvalue weighted by molar-refractivity contribution is 5.76. The molecule has 0 aromatic rings. The summed E-state index contributed by atoms with van der Waals surface area (Å²) in [5.41, 5.74) is -4.63. The summed E-state index contributed by atoms with van der Waals surface area (Å²) in [6.45, 7) is 13.8. The van der Waals surface area contributed by atoms with Gasteiger partial charge in [0.25, 0.3) is 0 Å². The van der Waals surface area contributed by atoms with Crippen LogP contribution in [0.5, 0.6) is 0 Å². The third kappa shape index (κ3) is 5.16. The van der Waals surface area contributed by atoms with E-state index >= 15 is 0 Å². The quantitative estimate of drug-likeness (QED) is 0.182. The molecule has 5 aliphatic carbocycles. The minimum absolute atomic E-state index is 0.0883. The summed E-state index contributed by atoms with van der Waals surface area (Å²) in [5.74, 6) is -5.95. The number of halogens is 6. The second-order valence-electron chi connectivity index (χ2n) is 18.0. The van der Waals surface area contributed by atoms with E-state index in [0.717, 1.165) is 12.8 Å². The maximum Gasteiger partial charge on any atom is 0.490 e. The molecular formula is C36H50F6O8. The highest BCUT2D eigenvalue weighted by Crippen LogP contribution is 2.89. The van der Waals surface area contributed by atoms with Gasteiger partial charge in [-0.2, -0.15) is 26.3 Å². The maximum absolute atomic E-state index is 14.0. The summed E-state index contributed by atoms with van der Waals surface area (Å²) >= 11 is 0. The Balaban J connectivity index is 1.39. The van der Waals surface area contributed by atoms with Crippen molar-refractivity contribution >= 4 is 17.9 Å². The molecular weight excluding hydrogens is 674 g/mol. The summed E-state index contributed by atoms with van der Waals surface area (Å²) in [4.78, 5) is 36.7. The van der Waals surface area contributed by atoms with E-state index in [9.17, 15) is 45.8 Å². The number of rotatable bonds is 5. The van der Waals surface area contributed by atoms with Crippen LogP contribution in [-0.4, -0.2) is 71.5 Å². The van der Waals surface area contributed by atoms with E-state index in [1.165, 1.54) is 20.8 Å². The summed E-state index contributed by atoms with van der Waals surface area (Å²) in [6, 6.07) is 0. The van der Waals surface area contributed by atoms with Crippen LogP contribution in [0.15, 0.2) is 0 Å². The molecule has 284 valence electrons. The molecule has 6 unspecified atom stereocenters. The topological polar surface area (TPSA) is 108 Å². The molecule has 0 radical (unpaired) electrons. The Morgan fingerprint density at radius 3 is 1.96 bits per heavy atom. The SMILES string of the molecule is CC(=O)O[C@@H](C1C[C@@H](C)[C@H]2C(O1)[C@H](OC(=O)C(F)(F)F)[C@@]1(C)C3CC[C@H]4C(C)(C)[C@@H](OC(=O)C(F)(F)F)CCC45CC35CCC21C)C(C)(C)O. The molecule has 5 saturated carbocycles. The molecule has 6 rings (SSSR count).